The van der Waals surface area contributed by atoms with Gasteiger partial charge in [0.2, 0.25) is 0 Å². The van der Waals surface area contributed by atoms with Crippen LogP contribution in [0.25, 0.3) is 0 Å². The summed E-state index contributed by atoms with van der Waals surface area (Å²) in [5.74, 6) is 0. The Morgan fingerprint density at radius 3 is 2.81 bits per heavy atom. The van der Waals surface area contributed by atoms with Crippen LogP contribution in [0.3, 0.4) is 0 Å². The summed E-state index contributed by atoms with van der Waals surface area (Å²) in [6.07, 6.45) is 8.30. The van der Waals surface area contributed by atoms with Crippen molar-refractivity contribution < 1.29 is 0 Å². The number of nitrogens with zero attached hydrogens (tertiary/aromatic N) is 3. The van der Waals surface area contributed by atoms with Gasteiger partial charge in [-0.15, -0.1) is 0 Å². The number of piperidine rings is 1. The number of aromatic nitrogens is 2. The first kappa shape index (κ1) is 16.5. The number of rotatable bonds is 8. The van der Waals surface area contributed by atoms with E-state index in [0.717, 1.165) is 25.9 Å². The normalized spacial score (nSPS) is 19.6. The SMILES string of the molecule is CCCN(Cc1ccn(C(CC)CC)n1)C1CCCNC1. The molecule has 4 heteroatoms. The number of nitrogens with one attached hydrogen (secondary N) is 1. The van der Waals surface area contributed by atoms with Crippen LogP contribution in [0, 0.1) is 0 Å². The van der Waals surface area contributed by atoms with Gasteiger partial charge in [-0.25, -0.2) is 0 Å². The van der Waals surface area contributed by atoms with E-state index < -0.39 is 0 Å². The molecule has 2 rings (SSSR count). The Bertz CT molecular complexity index is 391. The van der Waals surface area contributed by atoms with Crippen LogP contribution in [-0.2, 0) is 6.54 Å². The highest BCUT2D eigenvalue weighted by atomic mass is 15.3. The van der Waals surface area contributed by atoms with Crippen LogP contribution in [0.1, 0.15) is 64.6 Å². The molecule has 0 amide bonds. The van der Waals surface area contributed by atoms with Crippen molar-refractivity contribution in [2.24, 2.45) is 0 Å². The fraction of sp³-hybridized carbons (Fsp3) is 0.824. The van der Waals surface area contributed by atoms with Crippen molar-refractivity contribution in [2.75, 3.05) is 19.6 Å². The van der Waals surface area contributed by atoms with Crippen molar-refractivity contribution in [1.82, 2.24) is 20.0 Å². The molecule has 1 fully saturated rings. The molecule has 1 aromatic rings. The highest BCUT2D eigenvalue weighted by Crippen LogP contribution is 2.17. The van der Waals surface area contributed by atoms with Gasteiger partial charge >= 0.3 is 0 Å². The van der Waals surface area contributed by atoms with Crippen LogP contribution < -0.4 is 5.32 Å². The monoisotopic (exact) mass is 292 g/mol. The fourth-order valence-corrected chi connectivity index (χ4v) is 3.36. The van der Waals surface area contributed by atoms with Crippen molar-refractivity contribution in [1.29, 1.82) is 0 Å². The highest BCUT2D eigenvalue weighted by Gasteiger charge is 2.21. The van der Waals surface area contributed by atoms with E-state index in [1.165, 1.54) is 38.0 Å². The molecule has 0 aromatic carbocycles. The molecule has 1 aromatic heterocycles. The Hall–Kier alpha value is -0.870. The minimum absolute atomic E-state index is 0.551. The van der Waals surface area contributed by atoms with Crippen molar-refractivity contribution >= 4 is 0 Å². The molecular weight excluding hydrogens is 260 g/mol. The quantitative estimate of drug-likeness (QED) is 0.798. The minimum Gasteiger partial charge on any atom is -0.315 e. The largest absolute Gasteiger partial charge is 0.315 e. The summed E-state index contributed by atoms with van der Waals surface area (Å²) >= 11 is 0. The van der Waals surface area contributed by atoms with Gasteiger partial charge in [-0.2, -0.15) is 5.10 Å². The fourth-order valence-electron chi connectivity index (χ4n) is 3.36. The lowest BCUT2D eigenvalue weighted by atomic mass is 10.1. The summed E-state index contributed by atoms with van der Waals surface area (Å²) in [7, 11) is 0. The van der Waals surface area contributed by atoms with Crippen molar-refractivity contribution in [3.05, 3.63) is 18.0 Å². The molecule has 120 valence electrons. The van der Waals surface area contributed by atoms with Crippen molar-refractivity contribution in [3.63, 3.8) is 0 Å². The van der Waals surface area contributed by atoms with Gasteiger partial charge in [0.15, 0.2) is 0 Å². The molecule has 0 aliphatic carbocycles. The smallest absolute Gasteiger partial charge is 0.0765 e. The second-order valence-corrected chi connectivity index (χ2v) is 6.23. The summed E-state index contributed by atoms with van der Waals surface area (Å²) in [5, 5.41) is 8.36. The molecule has 1 atom stereocenters. The van der Waals surface area contributed by atoms with E-state index in [-0.39, 0.29) is 0 Å². The van der Waals surface area contributed by atoms with Crippen LogP contribution in [-0.4, -0.2) is 40.4 Å². The zero-order chi connectivity index (χ0) is 15.1. The summed E-state index contributed by atoms with van der Waals surface area (Å²) < 4.78 is 2.17. The average molecular weight is 292 g/mol. The zero-order valence-corrected chi connectivity index (χ0v) is 14.0. The van der Waals surface area contributed by atoms with Crippen molar-refractivity contribution in [2.45, 2.75) is 71.5 Å². The van der Waals surface area contributed by atoms with E-state index in [0.29, 0.717) is 12.1 Å². The van der Waals surface area contributed by atoms with Crippen LogP contribution in [0.5, 0.6) is 0 Å². The highest BCUT2D eigenvalue weighted by molar-refractivity contribution is 5.00. The maximum absolute atomic E-state index is 4.82. The Morgan fingerprint density at radius 1 is 1.38 bits per heavy atom. The maximum atomic E-state index is 4.82. The van der Waals surface area contributed by atoms with Crippen LogP contribution in [0.4, 0.5) is 0 Å². The molecule has 21 heavy (non-hydrogen) atoms. The molecule has 1 N–H and O–H groups in total. The molecule has 1 unspecified atom stereocenters. The van der Waals surface area contributed by atoms with Crippen LogP contribution >= 0.6 is 0 Å². The summed E-state index contributed by atoms with van der Waals surface area (Å²) in [4.78, 5) is 2.62. The molecule has 0 saturated carbocycles. The van der Waals surface area contributed by atoms with Gasteiger partial charge in [-0.05, 0) is 51.3 Å². The van der Waals surface area contributed by atoms with Crippen molar-refractivity contribution in [3.8, 4) is 0 Å². The first-order valence-corrected chi connectivity index (χ1v) is 8.77. The third-order valence-electron chi connectivity index (χ3n) is 4.64. The second-order valence-electron chi connectivity index (χ2n) is 6.23. The maximum Gasteiger partial charge on any atom is 0.0765 e. The lowest BCUT2D eigenvalue weighted by Gasteiger charge is -2.34. The molecule has 1 saturated heterocycles. The first-order valence-electron chi connectivity index (χ1n) is 8.77. The van der Waals surface area contributed by atoms with E-state index in [9.17, 15) is 0 Å². The molecule has 2 heterocycles. The van der Waals surface area contributed by atoms with Gasteiger partial charge in [-0.3, -0.25) is 9.58 Å². The summed E-state index contributed by atoms with van der Waals surface area (Å²) in [6, 6.07) is 3.43. The second kappa shape index (κ2) is 8.54. The summed E-state index contributed by atoms with van der Waals surface area (Å²) in [6.45, 7) is 11.2. The van der Waals surface area contributed by atoms with E-state index in [2.05, 4.69) is 47.9 Å². The Labute approximate surface area is 129 Å². The van der Waals surface area contributed by atoms with E-state index in [4.69, 9.17) is 5.10 Å². The third-order valence-corrected chi connectivity index (χ3v) is 4.64. The topological polar surface area (TPSA) is 33.1 Å². The van der Waals surface area contributed by atoms with Gasteiger partial charge in [0.25, 0.3) is 0 Å². The third kappa shape index (κ3) is 4.55. The Kier molecular flexibility index (Phi) is 6.71. The zero-order valence-electron chi connectivity index (χ0n) is 14.0. The van der Waals surface area contributed by atoms with Gasteiger partial charge in [0.05, 0.1) is 11.7 Å². The Morgan fingerprint density at radius 2 is 2.19 bits per heavy atom. The number of hydrogen-bond donors (Lipinski definition) is 1. The van der Waals surface area contributed by atoms with E-state index >= 15 is 0 Å². The minimum atomic E-state index is 0.551. The average Bonchev–Trinajstić information content (AvgIpc) is 2.97. The lowest BCUT2D eigenvalue weighted by molar-refractivity contribution is 0.155. The predicted molar refractivity (Wildman–Crippen MR) is 88.4 cm³/mol. The number of hydrogen-bond acceptors (Lipinski definition) is 3. The van der Waals surface area contributed by atoms with Gasteiger partial charge < -0.3 is 5.32 Å². The molecule has 0 bridgehead atoms. The predicted octanol–water partition coefficient (Wildman–Crippen LogP) is 3.21. The summed E-state index contributed by atoms with van der Waals surface area (Å²) in [5.41, 5.74) is 1.22. The van der Waals surface area contributed by atoms with E-state index in [1.807, 2.05) is 0 Å². The molecule has 0 spiro atoms. The van der Waals surface area contributed by atoms with E-state index in [1.54, 1.807) is 0 Å². The Balaban J connectivity index is 1.99. The standard InChI is InChI=1S/C17H32N4/c1-4-11-20(17-8-7-10-18-13-17)14-15-9-12-21(19-15)16(5-2)6-3/h9,12,16-18H,4-8,10-11,13-14H2,1-3H3. The van der Waals surface area contributed by atoms with Crippen LogP contribution in [0.15, 0.2) is 12.3 Å². The molecular formula is C17H32N4. The van der Waals surface area contributed by atoms with Gasteiger partial charge in [0, 0.05) is 25.3 Å². The molecule has 1 aliphatic heterocycles. The molecule has 0 radical (unpaired) electrons. The first-order chi connectivity index (χ1) is 10.3. The van der Waals surface area contributed by atoms with Gasteiger partial charge in [0.1, 0.15) is 0 Å². The van der Waals surface area contributed by atoms with Gasteiger partial charge in [-0.1, -0.05) is 20.8 Å². The van der Waals surface area contributed by atoms with Crippen LogP contribution in [0.2, 0.25) is 0 Å². The lowest BCUT2D eigenvalue weighted by Crippen LogP contribution is -2.46. The molecule has 1 aliphatic rings. The molecule has 4 nitrogen and oxygen atoms in total.